The van der Waals surface area contributed by atoms with E-state index >= 15 is 0 Å². The van der Waals surface area contributed by atoms with Crippen molar-refractivity contribution in [3.63, 3.8) is 0 Å². The van der Waals surface area contributed by atoms with Crippen molar-refractivity contribution in [3.05, 3.63) is 29.8 Å². The fourth-order valence-electron chi connectivity index (χ4n) is 1.86. The molecule has 1 aromatic carbocycles. The van der Waals surface area contributed by atoms with Gasteiger partial charge in [-0.05, 0) is 25.5 Å². The van der Waals surface area contributed by atoms with Gasteiger partial charge >= 0.3 is 5.97 Å². The highest BCUT2D eigenvalue weighted by molar-refractivity contribution is 5.95. The summed E-state index contributed by atoms with van der Waals surface area (Å²) in [4.78, 5) is 11.7. The number of nitrogens with one attached hydrogen (secondary N) is 1. The summed E-state index contributed by atoms with van der Waals surface area (Å²) < 4.78 is 10.3. The SMILES string of the molecule is CCOC(=O)c1ccccc1NC1CCOC1. The lowest BCUT2D eigenvalue weighted by Crippen LogP contribution is -2.21. The normalized spacial score (nSPS) is 19.0. The van der Waals surface area contributed by atoms with Gasteiger partial charge in [-0.3, -0.25) is 0 Å². The van der Waals surface area contributed by atoms with Gasteiger partial charge < -0.3 is 14.8 Å². The van der Waals surface area contributed by atoms with Gasteiger partial charge in [-0.1, -0.05) is 12.1 Å². The van der Waals surface area contributed by atoms with Crippen LogP contribution in [0.1, 0.15) is 23.7 Å². The lowest BCUT2D eigenvalue weighted by Gasteiger charge is -2.15. The van der Waals surface area contributed by atoms with E-state index in [9.17, 15) is 4.79 Å². The third kappa shape index (κ3) is 2.97. The van der Waals surface area contributed by atoms with Crippen molar-refractivity contribution in [2.24, 2.45) is 0 Å². The monoisotopic (exact) mass is 235 g/mol. The zero-order valence-electron chi connectivity index (χ0n) is 9.94. The largest absolute Gasteiger partial charge is 0.462 e. The first-order valence-electron chi connectivity index (χ1n) is 5.91. The zero-order chi connectivity index (χ0) is 12.1. The number of hydrogen-bond donors (Lipinski definition) is 1. The molecule has 4 heteroatoms. The van der Waals surface area contributed by atoms with Crippen molar-refractivity contribution >= 4 is 11.7 Å². The molecule has 2 rings (SSSR count). The minimum atomic E-state index is -0.283. The molecule has 0 bridgehead atoms. The molecule has 17 heavy (non-hydrogen) atoms. The molecule has 0 amide bonds. The van der Waals surface area contributed by atoms with E-state index in [4.69, 9.17) is 9.47 Å². The van der Waals surface area contributed by atoms with Crippen molar-refractivity contribution in [1.82, 2.24) is 0 Å². The van der Waals surface area contributed by atoms with Crippen molar-refractivity contribution < 1.29 is 14.3 Å². The summed E-state index contributed by atoms with van der Waals surface area (Å²) in [5.41, 5.74) is 1.41. The van der Waals surface area contributed by atoms with E-state index in [2.05, 4.69) is 5.32 Å². The molecule has 0 spiro atoms. The molecule has 0 aromatic heterocycles. The summed E-state index contributed by atoms with van der Waals surface area (Å²) >= 11 is 0. The molecular weight excluding hydrogens is 218 g/mol. The number of anilines is 1. The molecule has 1 unspecified atom stereocenters. The first kappa shape index (κ1) is 11.9. The summed E-state index contributed by atoms with van der Waals surface area (Å²) in [7, 11) is 0. The van der Waals surface area contributed by atoms with E-state index in [-0.39, 0.29) is 12.0 Å². The zero-order valence-corrected chi connectivity index (χ0v) is 9.94. The topological polar surface area (TPSA) is 47.6 Å². The van der Waals surface area contributed by atoms with Crippen LogP contribution in [0.2, 0.25) is 0 Å². The van der Waals surface area contributed by atoms with E-state index in [1.165, 1.54) is 0 Å². The lowest BCUT2D eigenvalue weighted by atomic mass is 10.1. The van der Waals surface area contributed by atoms with Crippen LogP contribution in [0.15, 0.2) is 24.3 Å². The smallest absolute Gasteiger partial charge is 0.340 e. The summed E-state index contributed by atoms with van der Waals surface area (Å²) in [6.45, 7) is 3.66. The quantitative estimate of drug-likeness (QED) is 0.811. The van der Waals surface area contributed by atoms with E-state index in [0.717, 1.165) is 18.7 Å². The Kier molecular flexibility index (Phi) is 3.98. The molecule has 1 aliphatic heterocycles. The molecule has 1 heterocycles. The first-order chi connectivity index (χ1) is 8.31. The Morgan fingerprint density at radius 2 is 2.35 bits per heavy atom. The molecule has 1 aromatic rings. The number of rotatable bonds is 4. The average Bonchev–Trinajstić information content (AvgIpc) is 2.83. The van der Waals surface area contributed by atoms with Crippen LogP contribution in [0.3, 0.4) is 0 Å². The molecule has 1 saturated heterocycles. The summed E-state index contributed by atoms with van der Waals surface area (Å²) in [5, 5.41) is 3.32. The first-order valence-corrected chi connectivity index (χ1v) is 5.91. The number of benzene rings is 1. The number of hydrogen-bond acceptors (Lipinski definition) is 4. The third-order valence-electron chi connectivity index (χ3n) is 2.71. The number of para-hydroxylation sites is 1. The summed E-state index contributed by atoms with van der Waals surface area (Å²) in [6.07, 6.45) is 0.969. The van der Waals surface area contributed by atoms with E-state index < -0.39 is 0 Å². The Morgan fingerprint density at radius 1 is 1.53 bits per heavy atom. The van der Waals surface area contributed by atoms with Gasteiger partial charge in [0.25, 0.3) is 0 Å². The molecule has 0 radical (unpaired) electrons. The van der Waals surface area contributed by atoms with Crippen molar-refractivity contribution in [2.75, 3.05) is 25.1 Å². The Balaban J connectivity index is 2.12. The minimum Gasteiger partial charge on any atom is -0.462 e. The Morgan fingerprint density at radius 3 is 3.06 bits per heavy atom. The second-order valence-electron chi connectivity index (χ2n) is 3.97. The van der Waals surface area contributed by atoms with Gasteiger partial charge in [-0.2, -0.15) is 0 Å². The van der Waals surface area contributed by atoms with Gasteiger partial charge in [0, 0.05) is 12.3 Å². The molecule has 1 aliphatic rings. The van der Waals surface area contributed by atoms with Gasteiger partial charge in [0.05, 0.1) is 24.8 Å². The molecule has 4 nitrogen and oxygen atoms in total. The third-order valence-corrected chi connectivity index (χ3v) is 2.71. The maximum Gasteiger partial charge on any atom is 0.340 e. The molecule has 0 saturated carbocycles. The van der Waals surface area contributed by atoms with E-state index in [1.807, 2.05) is 18.2 Å². The highest BCUT2D eigenvalue weighted by atomic mass is 16.5. The fourth-order valence-corrected chi connectivity index (χ4v) is 1.86. The number of ether oxygens (including phenoxy) is 2. The van der Waals surface area contributed by atoms with Crippen LogP contribution in [0.5, 0.6) is 0 Å². The van der Waals surface area contributed by atoms with E-state index in [0.29, 0.717) is 18.8 Å². The number of esters is 1. The van der Waals surface area contributed by atoms with Gasteiger partial charge in [0.1, 0.15) is 0 Å². The lowest BCUT2D eigenvalue weighted by molar-refractivity contribution is 0.0527. The standard InChI is InChI=1S/C13H17NO3/c1-2-17-13(15)11-5-3-4-6-12(11)14-10-7-8-16-9-10/h3-6,10,14H,2,7-9H2,1H3. The van der Waals surface area contributed by atoms with Gasteiger partial charge in [0.15, 0.2) is 0 Å². The number of carbonyl (C=O) groups is 1. The van der Waals surface area contributed by atoms with Gasteiger partial charge in [-0.25, -0.2) is 4.79 Å². The van der Waals surface area contributed by atoms with Crippen LogP contribution >= 0.6 is 0 Å². The van der Waals surface area contributed by atoms with Crippen molar-refractivity contribution in [1.29, 1.82) is 0 Å². The molecule has 92 valence electrons. The molecular formula is C13H17NO3. The Bertz CT molecular complexity index is 386. The highest BCUT2D eigenvalue weighted by Crippen LogP contribution is 2.19. The van der Waals surface area contributed by atoms with Crippen LogP contribution in [0.25, 0.3) is 0 Å². The fraction of sp³-hybridized carbons (Fsp3) is 0.462. The summed E-state index contributed by atoms with van der Waals surface area (Å²) in [5.74, 6) is -0.283. The predicted molar refractivity (Wildman–Crippen MR) is 65.2 cm³/mol. The molecule has 1 N–H and O–H groups in total. The highest BCUT2D eigenvalue weighted by Gasteiger charge is 2.18. The maximum atomic E-state index is 11.7. The summed E-state index contributed by atoms with van der Waals surface area (Å²) in [6, 6.07) is 7.69. The molecule has 0 aliphatic carbocycles. The second kappa shape index (κ2) is 5.68. The van der Waals surface area contributed by atoms with Crippen LogP contribution in [-0.4, -0.2) is 31.8 Å². The minimum absolute atomic E-state index is 0.283. The van der Waals surface area contributed by atoms with Crippen molar-refractivity contribution in [2.45, 2.75) is 19.4 Å². The Labute approximate surface area is 101 Å². The van der Waals surface area contributed by atoms with Crippen LogP contribution in [-0.2, 0) is 9.47 Å². The van der Waals surface area contributed by atoms with Crippen LogP contribution in [0, 0.1) is 0 Å². The predicted octanol–water partition coefficient (Wildman–Crippen LogP) is 2.06. The van der Waals surface area contributed by atoms with E-state index in [1.54, 1.807) is 13.0 Å². The van der Waals surface area contributed by atoms with Crippen molar-refractivity contribution in [3.8, 4) is 0 Å². The molecule has 1 atom stereocenters. The van der Waals surface area contributed by atoms with Crippen LogP contribution < -0.4 is 5.32 Å². The number of carbonyl (C=O) groups excluding carboxylic acids is 1. The maximum absolute atomic E-state index is 11.7. The van der Waals surface area contributed by atoms with Gasteiger partial charge in [0.2, 0.25) is 0 Å². The average molecular weight is 235 g/mol. The Hall–Kier alpha value is -1.55. The molecule has 1 fully saturated rings. The second-order valence-corrected chi connectivity index (χ2v) is 3.97. The van der Waals surface area contributed by atoms with Crippen LogP contribution in [0.4, 0.5) is 5.69 Å². The van der Waals surface area contributed by atoms with Gasteiger partial charge in [-0.15, -0.1) is 0 Å².